The number of aliphatic hydroxyl groups is 2. The van der Waals surface area contributed by atoms with Crippen LogP contribution in [-0.2, 0) is 0 Å². The first-order valence-electron chi connectivity index (χ1n) is 7.29. The van der Waals surface area contributed by atoms with Gasteiger partial charge in [-0.3, -0.25) is 0 Å². The minimum atomic E-state index is -0.407. The average Bonchev–Trinajstić information content (AvgIpc) is 2.53. The van der Waals surface area contributed by atoms with Crippen molar-refractivity contribution in [2.45, 2.75) is 26.1 Å². The molecule has 0 aromatic heterocycles. The SMILES string of the molecule is CC(O)COc1ccccc1.CC(O)COc1ccccc1. The first kappa shape index (κ1) is 18.0. The highest BCUT2D eigenvalue weighted by molar-refractivity contribution is 5.21. The van der Waals surface area contributed by atoms with Crippen molar-refractivity contribution in [1.29, 1.82) is 0 Å². The molecule has 0 spiro atoms. The van der Waals surface area contributed by atoms with Crippen molar-refractivity contribution < 1.29 is 19.7 Å². The van der Waals surface area contributed by atoms with Gasteiger partial charge in [0.05, 0.1) is 12.2 Å². The molecule has 22 heavy (non-hydrogen) atoms. The van der Waals surface area contributed by atoms with Crippen molar-refractivity contribution in [2.24, 2.45) is 0 Å². The third kappa shape index (κ3) is 9.00. The Bertz CT molecular complexity index is 435. The monoisotopic (exact) mass is 304 g/mol. The van der Waals surface area contributed by atoms with Crippen molar-refractivity contribution in [1.82, 2.24) is 0 Å². The van der Waals surface area contributed by atoms with Gasteiger partial charge in [-0.25, -0.2) is 0 Å². The molecule has 0 aliphatic rings. The van der Waals surface area contributed by atoms with E-state index in [0.29, 0.717) is 13.2 Å². The van der Waals surface area contributed by atoms with Crippen molar-refractivity contribution >= 4 is 0 Å². The average molecular weight is 304 g/mol. The number of rotatable bonds is 6. The standard InChI is InChI=1S/2C9H12O2/c2*1-8(10)7-11-9-5-3-2-4-6-9/h2*2-6,8,10H,7H2,1H3. The first-order chi connectivity index (χ1) is 10.6. The molecule has 0 aliphatic carbocycles. The lowest BCUT2D eigenvalue weighted by molar-refractivity contribution is 0.122. The number of hydrogen-bond acceptors (Lipinski definition) is 4. The summed E-state index contributed by atoms with van der Waals surface area (Å²) in [5.74, 6) is 1.60. The largest absolute Gasteiger partial charge is 0.491 e. The number of para-hydroxylation sites is 2. The molecule has 0 bridgehead atoms. The van der Waals surface area contributed by atoms with Crippen LogP contribution in [0.1, 0.15) is 13.8 Å². The summed E-state index contributed by atoms with van der Waals surface area (Å²) in [4.78, 5) is 0. The van der Waals surface area contributed by atoms with Gasteiger partial charge in [0.1, 0.15) is 24.7 Å². The normalized spacial score (nSPS) is 12.5. The van der Waals surface area contributed by atoms with Gasteiger partial charge < -0.3 is 19.7 Å². The second-order valence-corrected chi connectivity index (χ2v) is 4.95. The molecule has 2 rings (SSSR count). The highest BCUT2D eigenvalue weighted by Gasteiger charge is 1.96. The Morgan fingerprint density at radius 1 is 0.682 bits per heavy atom. The molecular formula is C18H24O4. The minimum Gasteiger partial charge on any atom is -0.491 e. The van der Waals surface area contributed by atoms with E-state index in [2.05, 4.69) is 0 Å². The fourth-order valence-corrected chi connectivity index (χ4v) is 1.47. The van der Waals surface area contributed by atoms with E-state index in [4.69, 9.17) is 19.7 Å². The molecule has 120 valence electrons. The number of ether oxygens (including phenoxy) is 2. The Balaban J connectivity index is 0.000000220. The molecule has 4 heteroatoms. The molecule has 0 saturated heterocycles. The lowest BCUT2D eigenvalue weighted by Crippen LogP contribution is -2.12. The third-order valence-electron chi connectivity index (χ3n) is 2.47. The maximum atomic E-state index is 8.89. The Hall–Kier alpha value is -2.04. The summed E-state index contributed by atoms with van der Waals surface area (Å²) in [7, 11) is 0. The Labute approximate surface area is 131 Å². The summed E-state index contributed by atoms with van der Waals surface area (Å²) in [5.41, 5.74) is 0. The van der Waals surface area contributed by atoms with Gasteiger partial charge in [-0.1, -0.05) is 36.4 Å². The molecular weight excluding hydrogens is 280 g/mol. The lowest BCUT2D eigenvalue weighted by Gasteiger charge is -2.06. The zero-order valence-electron chi connectivity index (χ0n) is 13.1. The Morgan fingerprint density at radius 3 is 1.27 bits per heavy atom. The molecule has 4 nitrogen and oxygen atoms in total. The molecule has 0 heterocycles. The second kappa shape index (κ2) is 10.7. The van der Waals surface area contributed by atoms with Crippen LogP contribution in [0.25, 0.3) is 0 Å². The zero-order valence-corrected chi connectivity index (χ0v) is 13.1. The van der Waals surface area contributed by atoms with Crippen LogP contribution in [0.2, 0.25) is 0 Å². The molecule has 2 N–H and O–H groups in total. The van der Waals surface area contributed by atoms with E-state index in [1.807, 2.05) is 60.7 Å². The van der Waals surface area contributed by atoms with E-state index in [-0.39, 0.29) is 0 Å². The summed E-state index contributed by atoms with van der Waals surface area (Å²) >= 11 is 0. The van der Waals surface area contributed by atoms with Crippen molar-refractivity contribution in [3.63, 3.8) is 0 Å². The maximum absolute atomic E-state index is 8.89. The van der Waals surface area contributed by atoms with Crippen LogP contribution in [0, 0.1) is 0 Å². The lowest BCUT2D eigenvalue weighted by atomic mass is 10.3. The molecule has 0 saturated carbocycles. The van der Waals surface area contributed by atoms with Gasteiger partial charge >= 0.3 is 0 Å². The van der Waals surface area contributed by atoms with Crippen LogP contribution in [-0.4, -0.2) is 35.6 Å². The summed E-state index contributed by atoms with van der Waals surface area (Å²) < 4.78 is 10.4. The number of aliphatic hydroxyl groups excluding tert-OH is 2. The molecule has 2 unspecified atom stereocenters. The van der Waals surface area contributed by atoms with E-state index >= 15 is 0 Å². The van der Waals surface area contributed by atoms with Crippen LogP contribution in [0.5, 0.6) is 11.5 Å². The van der Waals surface area contributed by atoms with Gasteiger partial charge in [0.15, 0.2) is 0 Å². The summed E-state index contributed by atoms with van der Waals surface area (Å²) in [6.45, 7) is 4.10. The van der Waals surface area contributed by atoms with Gasteiger partial charge in [-0.05, 0) is 38.1 Å². The fraction of sp³-hybridized carbons (Fsp3) is 0.333. The van der Waals surface area contributed by atoms with Crippen LogP contribution in [0.3, 0.4) is 0 Å². The summed E-state index contributed by atoms with van der Waals surface area (Å²) in [6, 6.07) is 18.9. The smallest absolute Gasteiger partial charge is 0.119 e. The van der Waals surface area contributed by atoms with Gasteiger partial charge in [-0.2, -0.15) is 0 Å². The molecule has 0 fully saturated rings. The highest BCUT2D eigenvalue weighted by atomic mass is 16.5. The fourth-order valence-electron chi connectivity index (χ4n) is 1.47. The van der Waals surface area contributed by atoms with Crippen LogP contribution in [0.4, 0.5) is 0 Å². The van der Waals surface area contributed by atoms with Crippen LogP contribution in [0.15, 0.2) is 60.7 Å². The molecule has 2 atom stereocenters. The van der Waals surface area contributed by atoms with Crippen molar-refractivity contribution in [3.05, 3.63) is 60.7 Å². The predicted molar refractivity (Wildman–Crippen MR) is 87.2 cm³/mol. The molecule has 0 amide bonds. The van der Waals surface area contributed by atoms with Crippen molar-refractivity contribution in [2.75, 3.05) is 13.2 Å². The van der Waals surface area contributed by atoms with Crippen LogP contribution < -0.4 is 9.47 Å². The quantitative estimate of drug-likeness (QED) is 0.861. The topological polar surface area (TPSA) is 58.9 Å². The highest BCUT2D eigenvalue weighted by Crippen LogP contribution is 2.08. The second-order valence-electron chi connectivity index (χ2n) is 4.95. The molecule has 2 aromatic rings. The maximum Gasteiger partial charge on any atom is 0.119 e. The van der Waals surface area contributed by atoms with E-state index in [0.717, 1.165) is 11.5 Å². The predicted octanol–water partition coefficient (Wildman–Crippen LogP) is 2.89. The van der Waals surface area contributed by atoms with E-state index in [9.17, 15) is 0 Å². The third-order valence-corrected chi connectivity index (χ3v) is 2.47. The van der Waals surface area contributed by atoms with E-state index in [1.165, 1.54) is 0 Å². The van der Waals surface area contributed by atoms with E-state index in [1.54, 1.807) is 13.8 Å². The number of hydrogen-bond donors (Lipinski definition) is 2. The van der Waals surface area contributed by atoms with Gasteiger partial charge in [0, 0.05) is 0 Å². The zero-order chi connectivity index (χ0) is 16.2. The summed E-state index contributed by atoms with van der Waals surface area (Å²) in [5, 5.41) is 17.8. The minimum absolute atomic E-state index is 0.351. The molecule has 2 aromatic carbocycles. The van der Waals surface area contributed by atoms with Crippen LogP contribution >= 0.6 is 0 Å². The molecule has 0 radical (unpaired) electrons. The molecule has 0 aliphatic heterocycles. The summed E-state index contributed by atoms with van der Waals surface area (Å²) in [6.07, 6.45) is -0.814. The van der Waals surface area contributed by atoms with Gasteiger partial charge in [0.2, 0.25) is 0 Å². The van der Waals surface area contributed by atoms with Gasteiger partial charge in [-0.15, -0.1) is 0 Å². The number of benzene rings is 2. The van der Waals surface area contributed by atoms with Crippen molar-refractivity contribution in [3.8, 4) is 11.5 Å². The Morgan fingerprint density at radius 2 is 1.00 bits per heavy atom. The van der Waals surface area contributed by atoms with E-state index < -0.39 is 12.2 Å². The Kier molecular flexibility index (Phi) is 8.72. The van der Waals surface area contributed by atoms with Gasteiger partial charge in [0.25, 0.3) is 0 Å². The first-order valence-corrected chi connectivity index (χ1v) is 7.29.